The van der Waals surface area contributed by atoms with Crippen molar-refractivity contribution in [2.45, 2.75) is 44.6 Å². The molecule has 1 unspecified atom stereocenters. The van der Waals surface area contributed by atoms with E-state index in [2.05, 4.69) is 16.8 Å². The molecule has 1 aromatic heterocycles. The normalized spacial score (nSPS) is 19.8. The lowest BCUT2D eigenvalue weighted by atomic mass is 9.87. The van der Waals surface area contributed by atoms with Crippen LogP contribution in [-0.4, -0.2) is 18.0 Å². The molecule has 1 aliphatic rings. The highest BCUT2D eigenvalue weighted by atomic mass is 32.1. The third kappa shape index (κ3) is 3.07. The Bertz CT molecular complexity index is 406. The maximum absolute atomic E-state index is 12.1. The summed E-state index contributed by atoms with van der Waals surface area (Å²) in [5.74, 6) is 0.162. The highest BCUT2D eigenvalue weighted by Crippen LogP contribution is 2.34. The zero-order valence-corrected chi connectivity index (χ0v) is 11.3. The second kappa shape index (κ2) is 4.78. The summed E-state index contributed by atoms with van der Waals surface area (Å²) in [4.78, 5) is 13.5. The molecule has 3 nitrogen and oxygen atoms in total. The number of hydrogen-bond donors (Lipinski definition) is 2. The lowest BCUT2D eigenvalue weighted by Crippen LogP contribution is -2.46. The Kier molecular flexibility index (Phi) is 3.54. The van der Waals surface area contributed by atoms with Crippen LogP contribution in [0.3, 0.4) is 0 Å². The zero-order chi connectivity index (χ0) is 12.5. The van der Waals surface area contributed by atoms with Crippen molar-refractivity contribution in [1.82, 2.24) is 5.32 Å². The average Bonchev–Trinajstić information content (AvgIpc) is 2.72. The first-order valence-electron chi connectivity index (χ1n) is 6.10. The third-order valence-electron chi connectivity index (χ3n) is 3.09. The molecule has 3 N–H and O–H groups in total. The van der Waals surface area contributed by atoms with Crippen molar-refractivity contribution < 1.29 is 4.79 Å². The molecule has 4 heteroatoms. The monoisotopic (exact) mass is 252 g/mol. The number of fused-ring (bicyclic) bond motifs is 1. The summed E-state index contributed by atoms with van der Waals surface area (Å²) >= 11 is 1.77. The predicted octanol–water partition coefficient (Wildman–Crippen LogP) is 2.02. The van der Waals surface area contributed by atoms with Gasteiger partial charge in [-0.2, -0.15) is 0 Å². The zero-order valence-electron chi connectivity index (χ0n) is 10.5. The van der Waals surface area contributed by atoms with E-state index in [0.29, 0.717) is 6.54 Å². The van der Waals surface area contributed by atoms with Crippen LogP contribution < -0.4 is 11.1 Å². The number of aryl methyl sites for hydroxylation is 1. The molecule has 0 saturated carbocycles. The van der Waals surface area contributed by atoms with Crippen LogP contribution in [0.5, 0.6) is 0 Å². The smallest absolute Gasteiger partial charge is 0.227 e. The van der Waals surface area contributed by atoms with Crippen molar-refractivity contribution in [3.05, 3.63) is 21.9 Å². The Morgan fingerprint density at radius 3 is 3.12 bits per heavy atom. The number of nitrogens with one attached hydrogen (secondary N) is 1. The Hall–Kier alpha value is -0.870. The van der Waals surface area contributed by atoms with Crippen molar-refractivity contribution in [3.63, 3.8) is 0 Å². The number of nitrogens with two attached hydrogens (primary N) is 1. The predicted molar refractivity (Wildman–Crippen MR) is 71.3 cm³/mol. The average molecular weight is 252 g/mol. The van der Waals surface area contributed by atoms with Crippen LogP contribution in [-0.2, 0) is 11.2 Å². The van der Waals surface area contributed by atoms with Crippen LogP contribution in [0.1, 0.15) is 43.0 Å². The molecular weight excluding hydrogens is 232 g/mol. The SMILES string of the molecule is CC(C)(N)CNC(=O)C1CCCc2sccc21. The summed E-state index contributed by atoms with van der Waals surface area (Å²) in [6, 6.07) is 2.09. The Balaban J connectivity index is 2.02. The van der Waals surface area contributed by atoms with Gasteiger partial charge in [-0.15, -0.1) is 11.3 Å². The Morgan fingerprint density at radius 2 is 2.41 bits per heavy atom. The number of carbonyl (C=O) groups excluding carboxylic acids is 1. The van der Waals surface area contributed by atoms with Gasteiger partial charge in [0.05, 0.1) is 5.92 Å². The summed E-state index contributed by atoms with van der Waals surface area (Å²) in [7, 11) is 0. The first-order chi connectivity index (χ1) is 7.97. The maximum Gasteiger partial charge on any atom is 0.227 e. The third-order valence-corrected chi connectivity index (χ3v) is 4.08. The van der Waals surface area contributed by atoms with Crippen molar-refractivity contribution in [3.8, 4) is 0 Å². The number of hydrogen-bond acceptors (Lipinski definition) is 3. The number of amides is 1. The van der Waals surface area contributed by atoms with Crippen LogP contribution in [0.2, 0.25) is 0 Å². The molecular formula is C13H20N2OS. The highest BCUT2D eigenvalue weighted by molar-refractivity contribution is 7.10. The lowest BCUT2D eigenvalue weighted by molar-refractivity contribution is -0.123. The lowest BCUT2D eigenvalue weighted by Gasteiger charge is -2.24. The largest absolute Gasteiger partial charge is 0.354 e. The van der Waals surface area contributed by atoms with Crippen LogP contribution in [0.4, 0.5) is 0 Å². The molecule has 0 aliphatic heterocycles. The van der Waals surface area contributed by atoms with Crippen LogP contribution in [0, 0.1) is 0 Å². The van der Waals surface area contributed by atoms with Crippen LogP contribution >= 0.6 is 11.3 Å². The molecule has 1 heterocycles. The molecule has 0 bridgehead atoms. The summed E-state index contributed by atoms with van der Waals surface area (Å²) in [5, 5.41) is 5.05. The van der Waals surface area contributed by atoms with E-state index < -0.39 is 0 Å². The van der Waals surface area contributed by atoms with Gasteiger partial charge in [-0.1, -0.05) is 0 Å². The van der Waals surface area contributed by atoms with Gasteiger partial charge in [0.1, 0.15) is 0 Å². The molecule has 2 rings (SSSR count). The van der Waals surface area contributed by atoms with Gasteiger partial charge in [0, 0.05) is 17.0 Å². The molecule has 0 saturated heterocycles. The molecule has 1 atom stereocenters. The van der Waals surface area contributed by atoms with E-state index in [4.69, 9.17) is 5.73 Å². The number of thiophene rings is 1. The number of carbonyl (C=O) groups is 1. The summed E-state index contributed by atoms with van der Waals surface area (Å²) < 4.78 is 0. The van der Waals surface area contributed by atoms with E-state index >= 15 is 0 Å². The molecule has 0 spiro atoms. The van der Waals surface area contributed by atoms with E-state index in [0.717, 1.165) is 19.3 Å². The molecule has 17 heavy (non-hydrogen) atoms. The first-order valence-corrected chi connectivity index (χ1v) is 6.98. The fourth-order valence-electron chi connectivity index (χ4n) is 2.20. The van der Waals surface area contributed by atoms with Crippen LogP contribution in [0.25, 0.3) is 0 Å². The quantitative estimate of drug-likeness (QED) is 0.864. The molecule has 1 amide bonds. The van der Waals surface area contributed by atoms with Gasteiger partial charge in [0.2, 0.25) is 5.91 Å². The van der Waals surface area contributed by atoms with Gasteiger partial charge in [-0.3, -0.25) is 4.79 Å². The van der Waals surface area contributed by atoms with Crippen molar-refractivity contribution in [1.29, 1.82) is 0 Å². The summed E-state index contributed by atoms with van der Waals surface area (Å²) in [6.45, 7) is 4.37. The second-order valence-electron chi connectivity index (χ2n) is 5.45. The van der Waals surface area contributed by atoms with Crippen molar-refractivity contribution in [2.75, 3.05) is 6.54 Å². The molecule has 0 radical (unpaired) electrons. The van der Waals surface area contributed by atoms with E-state index in [1.807, 2.05) is 13.8 Å². The van der Waals surface area contributed by atoms with Gasteiger partial charge >= 0.3 is 0 Å². The second-order valence-corrected chi connectivity index (χ2v) is 6.45. The fourth-order valence-corrected chi connectivity index (χ4v) is 3.18. The molecule has 94 valence electrons. The van der Waals surface area contributed by atoms with Gasteiger partial charge in [-0.05, 0) is 50.1 Å². The first kappa shape index (κ1) is 12.6. The summed E-state index contributed by atoms with van der Waals surface area (Å²) in [6.07, 6.45) is 3.19. The Morgan fingerprint density at radius 1 is 1.65 bits per heavy atom. The molecule has 0 fully saturated rings. The summed E-state index contributed by atoms with van der Waals surface area (Å²) in [5.41, 5.74) is 6.76. The standard InChI is InChI=1S/C13H20N2OS/c1-13(2,14)8-15-12(16)10-4-3-5-11-9(10)6-7-17-11/h6-7,10H,3-5,8,14H2,1-2H3,(H,15,16). The van der Waals surface area contributed by atoms with Gasteiger partial charge in [0.25, 0.3) is 0 Å². The Labute approximate surface area is 106 Å². The van der Waals surface area contributed by atoms with Crippen molar-refractivity contribution in [2.24, 2.45) is 5.73 Å². The highest BCUT2D eigenvalue weighted by Gasteiger charge is 2.27. The van der Waals surface area contributed by atoms with E-state index in [1.54, 1.807) is 11.3 Å². The van der Waals surface area contributed by atoms with Gasteiger partial charge in [0.15, 0.2) is 0 Å². The minimum absolute atomic E-state index is 0.0346. The van der Waals surface area contributed by atoms with Gasteiger partial charge in [-0.25, -0.2) is 0 Å². The fraction of sp³-hybridized carbons (Fsp3) is 0.615. The van der Waals surface area contributed by atoms with E-state index in [-0.39, 0.29) is 17.4 Å². The topological polar surface area (TPSA) is 55.1 Å². The molecule has 0 aromatic carbocycles. The van der Waals surface area contributed by atoms with E-state index in [9.17, 15) is 4.79 Å². The van der Waals surface area contributed by atoms with E-state index in [1.165, 1.54) is 10.4 Å². The molecule has 1 aromatic rings. The van der Waals surface area contributed by atoms with Gasteiger partial charge < -0.3 is 11.1 Å². The minimum Gasteiger partial charge on any atom is -0.354 e. The number of rotatable bonds is 3. The van der Waals surface area contributed by atoms with Crippen molar-refractivity contribution >= 4 is 17.2 Å². The van der Waals surface area contributed by atoms with Crippen LogP contribution in [0.15, 0.2) is 11.4 Å². The molecule has 1 aliphatic carbocycles. The maximum atomic E-state index is 12.1. The minimum atomic E-state index is -0.345.